The number of phenols is 2. The van der Waals surface area contributed by atoms with Gasteiger partial charge in [0.2, 0.25) is 5.75 Å². The molecule has 198 valence electrons. The molecule has 0 saturated carbocycles. The third kappa shape index (κ3) is 6.34. The number of rotatable bonds is 9. The lowest BCUT2D eigenvalue weighted by molar-refractivity contribution is -0.386. The Balaban J connectivity index is 2.18. The van der Waals surface area contributed by atoms with E-state index < -0.39 is 86.0 Å². The van der Waals surface area contributed by atoms with Crippen LogP contribution >= 0.6 is 0 Å². The highest BCUT2D eigenvalue weighted by Gasteiger charge is 2.27. The van der Waals surface area contributed by atoms with Gasteiger partial charge in [0.05, 0.1) is 22.2 Å². The normalized spacial score (nSPS) is 12.8. The van der Waals surface area contributed by atoms with E-state index in [-0.39, 0.29) is 10.8 Å². The highest BCUT2D eigenvalue weighted by atomic mass is 32.3. The molecule has 0 aliphatic rings. The van der Waals surface area contributed by atoms with E-state index in [9.17, 15) is 50.1 Å². The summed E-state index contributed by atoms with van der Waals surface area (Å²) in [6, 6.07) is 7.79. The number of hydrogen-bond donors (Lipinski definition) is 4. The fourth-order valence-electron chi connectivity index (χ4n) is 3.03. The van der Waals surface area contributed by atoms with Gasteiger partial charge < -0.3 is 10.2 Å². The van der Waals surface area contributed by atoms with Crippen molar-refractivity contribution < 1.29 is 53.7 Å². The van der Waals surface area contributed by atoms with Crippen LogP contribution < -0.4 is 0 Å². The Hall–Kier alpha value is -3.75. The third-order valence-corrected chi connectivity index (χ3v) is 7.67. The fourth-order valence-corrected chi connectivity index (χ4v) is 5.21. The van der Waals surface area contributed by atoms with Gasteiger partial charge in [0, 0.05) is 11.5 Å². The Morgan fingerprint density at radius 1 is 0.919 bits per heavy atom. The summed E-state index contributed by atoms with van der Waals surface area (Å²) in [5.74, 6) is -3.03. The van der Waals surface area contributed by atoms with E-state index in [1.165, 1.54) is 24.3 Å². The SMILES string of the molecule is O=[N+]([O-])c1cc(S(=O)(=O)CCOS(=O)(=O)O)cc(/N=N/c2c(S(=O)(=O)O)cc3ccccc3c2O)c1O. The van der Waals surface area contributed by atoms with Crippen LogP contribution in [-0.4, -0.2) is 61.9 Å². The number of phenolic OH excluding ortho intramolecular Hbond substituents is 2. The van der Waals surface area contributed by atoms with Crippen LogP contribution in [0.3, 0.4) is 0 Å². The first-order chi connectivity index (χ1) is 17.0. The van der Waals surface area contributed by atoms with Gasteiger partial charge in [0.25, 0.3) is 10.1 Å². The molecule has 0 aromatic heterocycles. The lowest BCUT2D eigenvalue weighted by Crippen LogP contribution is -2.15. The fraction of sp³-hybridized carbons (Fsp3) is 0.111. The van der Waals surface area contributed by atoms with Gasteiger partial charge in [-0.25, -0.2) is 12.6 Å². The van der Waals surface area contributed by atoms with Crippen molar-refractivity contribution in [1.29, 1.82) is 0 Å². The van der Waals surface area contributed by atoms with Crippen molar-refractivity contribution in [3.63, 3.8) is 0 Å². The summed E-state index contributed by atoms with van der Waals surface area (Å²) in [6.45, 7) is -1.06. The van der Waals surface area contributed by atoms with E-state index in [4.69, 9.17) is 4.55 Å². The average Bonchev–Trinajstić information content (AvgIpc) is 2.77. The maximum Gasteiger partial charge on any atom is 0.397 e. The minimum absolute atomic E-state index is 0.0780. The molecule has 0 amide bonds. The molecule has 0 spiro atoms. The van der Waals surface area contributed by atoms with Gasteiger partial charge in [-0.2, -0.15) is 16.8 Å². The lowest BCUT2D eigenvalue weighted by atomic mass is 10.1. The Bertz CT molecular complexity index is 1770. The molecule has 0 fully saturated rings. The van der Waals surface area contributed by atoms with E-state index in [2.05, 4.69) is 14.4 Å². The minimum atomic E-state index is -5.00. The minimum Gasteiger partial charge on any atom is -0.505 e. The molecular weight excluding hydrogens is 562 g/mol. The maximum atomic E-state index is 12.5. The highest BCUT2D eigenvalue weighted by molar-refractivity contribution is 7.91. The lowest BCUT2D eigenvalue weighted by Gasteiger charge is -2.09. The van der Waals surface area contributed by atoms with Crippen molar-refractivity contribution in [2.24, 2.45) is 10.2 Å². The van der Waals surface area contributed by atoms with E-state index >= 15 is 0 Å². The van der Waals surface area contributed by atoms with E-state index in [0.29, 0.717) is 12.1 Å². The maximum absolute atomic E-state index is 12.5. The summed E-state index contributed by atoms with van der Waals surface area (Å²) in [5, 5.41) is 39.3. The largest absolute Gasteiger partial charge is 0.505 e. The molecule has 3 aromatic rings. The Kier molecular flexibility index (Phi) is 7.49. The van der Waals surface area contributed by atoms with Crippen molar-refractivity contribution in [3.8, 4) is 11.5 Å². The number of fused-ring (bicyclic) bond motifs is 1. The third-order valence-electron chi connectivity index (χ3n) is 4.68. The van der Waals surface area contributed by atoms with Crippen molar-refractivity contribution in [2.45, 2.75) is 9.79 Å². The number of azo groups is 1. The topological polar surface area (TPSA) is 260 Å². The summed E-state index contributed by atoms with van der Waals surface area (Å²) in [7, 11) is -14.5. The van der Waals surface area contributed by atoms with Gasteiger partial charge in [-0.15, -0.1) is 10.2 Å². The predicted octanol–water partition coefficient (Wildman–Crippen LogP) is 2.41. The van der Waals surface area contributed by atoms with Gasteiger partial charge in [0.1, 0.15) is 16.3 Å². The molecule has 3 aromatic carbocycles. The monoisotopic (exact) mass is 577 g/mol. The van der Waals surface area contributed by atoms with Crippen molar-refractivity contribution in [3.05, 3.63) is 52.6 Å². The number of nitro benzene ring substituents is 1. The number of aromatic hydroxyl groups is 2. The standard InChI is InChI=1S/C18H15N3O13S3/c22-17-12-4-2-1-3-10(12)7-15(36(28,29)30)16(17)20-19-13-8-11(9-14(18(13)23)21(24)25)35(26,27)6-5-34-37(31,32)33/h1-4,7-9,22-23H,5-6H2,(H,28,29,30)(H,31,32,33)/b20-19+. The molecule has 4 N–H and O–H groups in total. The first-order valence-corrected chi connectivity index (χ1v) is 14.0. The van der Waals surface area contributed by atoms with Gasteiger partial charge in [-0.1, -0.05) is 24.3 Å². The summed E-state index contributed by atoms with van der Waals surface area (Å²) >= 11 is 0. The van der Waals surface area contributed by atoms with E-state index in [1.54, 1.807) is 0 Å². The molecule has 0 unspecified atom stereocenters. The number of sulfone groups is 1. The van der Waals surface area contributed by atoms with Crippen LogP contribution in [0.25, 0.3) is 10.8 Å². The van der Waals surface area contributed by atoms with Gasteiger partial charge in [-0.05, 0) is 17.5 Å². The molecule has 0 radical (unpaired) electrons. The Labute approximate surface area is 208 Å². The van der Waals surface area contributed by atoms with Crippen LogP contribution in [0.5, 0.6) is 11.5 Å². The van der Waals surface area contributed by atoms with Crippen molar-refractivity contribution in [2.75, 3.05) is 12.4 Å². The van der Waals surface area contributed by atoms with Gasteiger partial charge in [0.15, 0.2) is 15.6 Å². The van der Waals surface area contributed by atoms with Crippen LogP contribution in [0.1, 0.15) is 0 Å². The second-order valence-corrected chi connectivity index (χ2v) is 11.7. The van der Waals surface area contributed by atoms with Crippen LogP contribution in [0, 0.1) is 10.1 Å². The first-order valence-electron chi connectivity index (χ1n) is 9.51. The van der Waals surface area contributed by atoms with Crippen LogP contribution in [-0.2, 0) is 34.5 Å². The number of benzene rings is 3. The molecule has 16 nitrogen and oxygen atoms in total. The molecule has 0 heterocycles. The van der Waals surface area contributed by atoms with Crippen molar-refractivity contribution >= 4 is 58.2 Å². The zero-order valence-electron chi connectivity index (χ0n) is 18.0. The summed E-state index contributed by atoms with van der Waals surface area (Å²) < 4.78 is 92.2. The highest BCUT2D eigenvalue weighted by Crippen LogP contribution is 2.43. The molecule has 0 saturated heterocycles. The Morgan fingerprint density at radius 3 is 2.16 bits per heavy atom. The average molecular weight is 578 g/mol. The number of hydrogen-bond acceptors (Lipinski definition) is 13. The van der Waals surface area contributed by atoms with Crippen molar-refractivity contribution in [1.82, 2.24) is 0 Å². The number of nitro groups is 1. The van der Waals surface area contributed by atoms with E-state index in [1.807, 2.05) is 0 Å². The summed E-state index contributed by atoms with van der Waals surface area (Å²) in [4.78, 5) is 8.43. The second-order valence-electron chi connectivity index (χ2n) is 7.10. The van der Waals surface area contributed by atoms with Gasteiger partial charge >= 0.3 is 16.1 Å². The molecule has 3 rings (SSSR count). The number of nitrogens with zero attached hydrogens (tertiary/aromatic N) is 3. The molecule has 0 aliphatic carbocycles. The zero-order valence-corrected chi connectivity index (χ0v) is 20.4. The Morgan fingerprint density at radius 2 is 1.57 bits per heavy atom. The molecule has 0 bridgehead atoms. The zero-order chi connectivity index (χ0) is 27.8. The predicted molar refractivity (Wildman–Crippen MR) is 124 cm³/mol. The molecular formula is C18H15N3O13S3. The van der Waals surface area contributed by atoms with Crippen LogP contribution in [0.15, 0.2) is 62.5 Å². The molecule has 37 heavy (non-hydrogen) atoms. The second kappa shape index (κ2) is 9.95. The molecule has 0 atom stereocenters. The van der Waals surface area contributed by atoms with Crippen LogP contribution in [0.2, 0.25) is 0 Å². The summed E-state index contributed by atoms with van der Waals surface area (Å²) in [5.41, 5.74) is -2.85. The first kappa shape index (κ1) is 27.8. The summed E-state index contributed by atoms with van der Waals surface area (Å²) in [6.07, 6.45) is 0. The molecule has 0 aliphatic heterocycles. The smallest absolute Gasteiger partial charge is 0.397 e. The van der Waals surface area contributed by atoms with E-state index in [0.717, 1.165) is 6.07 Å². The van der Waals surface area contributed by atoms with Crippen LogP contribution in [0.4, 0.5) is 17.1 Å². The quantitative estimate of drug-likeness (QED) is 0.123. The molecule has 19 heteroatoms. The van der Waals surface area contributed by atoms with Gasteiger partial charge in [-0.3, -0.25) is 19.2 Å².